The topological polar surface area (TPSA) is 97.1 Å². The van der Waals surface area contributed by atoms with E-state index in [0.717, 1.165) is 22.0 Å². The molecular weight excluding hydrogens is 344 g/mol. The molecular formula is C16H20N4O2S2. The van der Waals surface area contributed by atoms with Crippen LogP contribution in [0.5, 0.6) is 0 Å². The number of aryl methyl sites for hydroxylation is 1. The molecule has 0 radical (unpaired) electrons. The maximum atomic E-state index is 12.3. The van der Waals surface area contributed by atoms with Crippen LogP contribution >= 0.6 is 23.1 Å². The largest absolute Gasteiger partial charge is 0.352 e. The van der Waals surface area contributed by atoms with Gasteiger partial charge in [-0.25, -0.2) is 9.78 Å². The average molecular weight is 364 g/mol. The number of hydrogen-bond acceptors (Lipinski definition) is 5. The molecule has 0 unspecified atom stereocenters. The summed E-state index contributed by atoms with van der Waals surface area (Å²) in [6, 6.07) is 6.10. The standard InChI is InChI=1S/C16H20N4O2S2/c1-10-18-14(9-24-10)11-3-5-12(6-4-11)19-15(21)13(7-8-23-2)20-16(17)22/h3-6,9,13H,7-8H2,1-2H3,(H,19,21)(H3,17,20,22)/t13-/m0/s1. The monoisotopic (exact) mass is 364 g/mol. The zero-order chi connectivity index (χ0) is 17.5. The second-order valence-corrected chi connectivity index (χ2v) is 7.21. The Balaban J connectivity index is 2.02. The van der Waals surface area contributed by atoms with E-state index in [1.807, 2.05) is 42.8 Å². The summed E-state index contributed by atoms with van der Waals surface area (Å²) in [5.41, 5.74) is 7.71. The van der Waals surface area contributed by atoms with Crippen molar-refractivity contribution in [1.82, 2.24) is 10.3 Å². The third-order valence-electron chi connectivity index (χ3n) is 3.31. The normalized spacial score (nSPS) is 11.8. The number of primary amides is 1. The van der Waals surface area contributed by atoms with E-state index in [0.29, 0.717) is 12.1 Å². The fourth-order valence-corrected chi connectivity index (χ4v) is 3.22. The van der Waals surface area contributed by atoms with E-state index in [4.69, 9.17) is 5.73 Å². The van der Waals surface area contributed by atoms with Crippen molar-refractivity contribution in [1.29, 1.82) is 0 Å². The molecule has 1 aromatic carbocycles. The van der Waals surface area contributed by atoms with Gasteiger partial charge in [-0.3, -0.25) is 4.79 Å². The molecule has 1 atom stereocenters. The fraction of sp³-hybridized carbons (Fsp3) is 0.312. The van der Waals surface area contributed by atoms with Crippen LogP contribution < -0.4 is 16.4 Å². The van der Waals surface area contributed by atoms with E-state index in [1.54, 1.807) is 23.1 Å². The zero-order valence-corrected chi connectivity index (χ0v) is 15.2. The number of nitrogens with zero attached hydrogens (tertiary/aromatic N) is 1. The molecule has 4 N–H and O–H groups in total. The molecule has 6 nitrogen and oxygen atoms in total. The summed E-state index contributed by atoms with van der Waals surface area (Å²) in [4.78, 5) is 27.8. The number of nitrogens with one attached hydrogen (secondary N) is 2. The lowest BCUT2D eigenvalue weighted by molar-refractivity contribution is -0.117. The van der Waals surface area contributed by atoms with Gasteiger partial charge in [-0.1, -0.05) is 12.1 Å². The summed E-state index contributed by atoms with van der Waals surface area (Å²) in [6.07, 6.45) is 2.46. The number of thiazole rings is 1. The molecule has 0 aliphatic heterocycles. The van der Waals surface area contributed by atoms with Crippen molar-refractivity contribution in [3.05, 3.63) is 34.7 Å². The molecule has 128 valence electrons. The fourth-order valence-electron chi connectivity index (χ4n) is 2.13. The molecule has 0 fully saturated rings. The Hall–Kier alpha value is -2.06. The molecule has 0 aliphatic carbocycles. The van der Waals surface area contributed by atoms with Crippen molar-refractivity contribution in [3.63, 3.8) is 0 Å². The number of hydrogen-bond donors (Lipinski definition) is 3. The first-order valence-corrected chi connectivity index (χ1v) is 9.65. The molecule has 2 rings (SSSR count). The number of benzene rings is 1. The smallest absolute Gasteiger partial charge is 0.312 e. The Morgan fingerprint density at radius 1 is 1.33 bits per heavy atom. The predicted octanol–water partition coefficient (Wildman–Crippen LogP) is 2.85. The van der Waals surface area contributed by atoms with Gasteiger partial charge in [-0.15, -0.1) is 11.3 Å². The maximum Gasteiger partial charge on any atom is 0.312 e. The van der Waals surface area contributed by atoms with Crippen LogP contribution in [-0.2, 0) is 4.79 Å². The number of nitrogens with two attached hydrogens (primary N) is 1. The van der Waals surface area contributed by atoms with Gasteiger partial charge in [0.1, 0.15) is 6.04 Å². The van der Waals surface area contributed by atoms with E-state index in [2.05, 4.69) is 15.6 Å². The van der Waals surface area contributed by atoms with Crippen LogP contribution in [0.4, 0.5) is 10.5 Å². The Morgan fingerprint density at radius 2 is 2.04 bits per heavy atom. The molecule has 2 aromatic rings. The molecule has 0 aliphatic rings. The van der Waals surface area contributed by atoms with Crippen molar-refractivity contribution < 1.29 is 9.59 Å². The number of rotatable bonds is 7. The molecule has 8 heteroatoms. The summed E-state index contributed by atoms with van der Waals surface area (Å²) >= 11 is 3.20. The number of thioether (sulfide) groups is 1. The lowest BCUT2D eigenvalue weighted by Crippen LogP contribution is -2.46. The highest BCUT2D eigenvalue weighted by Gasteiger charge is 2.19. The first-order chi connectivity index (χ1) is 11.5. The van der Waals surface area contributed by atoms with Gasteiger partial charge in [0.2, 0.25) is 5.91 Å². The Bertz CT molecular complexity index is 700. The highest BCUT2D eigenvalue weighted by Crippen LogP contribution is 2.23. The predicted molar refractivity (Wildman–Crippen MR) is 100 cm³/mol. The molecule has 0 spiro atoms. The Morgan fingerprint density at radius 3 is 2.58 bits per heavy atom. The van der Waals surface area contributed by atoms with Crippen LogP contribution in [0, 0.1) is 6.92 Å². The quantitative estimate of drug-likeness (QED) is 0.704. The Kier molecular flexibility index (Phi) is 6.62. The van der Waals surface area contributed by atoms with Gasteiger partial charge >= 0.3 is 6.03 Å². The first kappa shape index (κ1) is 18.3. The Labute approximate surface area is 149 Å². The third-order valence-corrected chi connectivity index (χ3v) is 4.73. The van der Waals surface area contributed by atoms with Crippen LogP contribution in [0.2, 0.25) is 0 Å². The molecule has 0 bridgehead atoms. The second-order valence-electron chi connectivity index (χ2n) is 5.16. The van der Waals surface area contributed by atoms with Gasteiger partial charge in [-0.05, 0) is 37.5 Å². The van der Waals surface area contributed by atoms with Gasteiger partial charge in [-0.2, -0.15) is 11.8 Å². The molecule has 24 heavy (non-hydrogen) atoms. The van der Waals surface area contributed by atoms with Crippen LogP contribution in [0.25, 0.3) is 11.3 Å². The molecule has 1 heterocycles. The van der Waals surface area contributed by atoms with Crippen molar-refractivity contribution in [2.75, 3.05) is 17.3 Å². The molecule has 3 amide bonds. The van der Waals surface area contributed by atoms with Gasteiger partial charge in [0.15, 0.2) is 0 Å². The van der Waals surface area contributed by atoms with Crippen molar-refractivity contribution in [2.45, 2.75) is 19.4 Å². The van der Waals surface area contributed by atoms with Crippen molar-refractivity contribution in [3.8, 4) is 11.3 Å². The van der Waals surface area contributed by atoms with Crippen LogP contribution in [-0.4, -0.2) is 35.0 Å². The minimum Gasteiger partial charge on any atom is -0.352 e. The molecule has 0 saturated carbocycles. The van der Waals surface area contributed by atoms with Crippen molar-refractivity contribution >= 4 is 40.7 Å². The zero-order valence-electron chi connectivity index (χ0n) is 13.5. The number of urea groups is 1. The van der Waals surface area contributed by atoms with Crippen LogP contribution in [0.3, 0.4) is 0 Å². The molecule has 0 saturated heterocycles. The summed E-state index contributed by atoms with van der Waals surface area (Å²) in [6.45, 7) is 1.96. The van der Waals surface area contributed by atoms with Gasteiger partial charge in [0.25, 0.3) is 0 Å². The minimum absolute atomic E-state index is 0.278. The summed E-state index contributed by atoms with van der Waals surface area (Å²) in [5.74, 6) is 0.473. The SMILES string of the molecule is CSCC[C@H](NC(N)=O)C(=O)Nc1ccc(-c2csc(C)n2)cc1. The van der Waals surface area contributed by atoms with Gasteiger partial charge in [0, 0.05) is 16.6 Å². The lowest BCUT2D eigenvalue weighted by Gasteiger charge is -2.17. The third kappa shape index (κ3) is 5.24. The number of aromatic nitrogens is 1. The second kappa shape index (κ2) is 8.70. The lowest BCUT2D eigenvalue weighted by atomic mass is 10.1. The van der Waals surface area contributed by atoms with Crippen LogP contribution in [0.15, 0.2) is 29.6 Å². The number of carbonyl (C=O) groups is 2. The summed E-state index contributed by atoms with van der Waals surface area (Å²) < 4.78 is 0. The minimum atomic E-state index is -0.703. The maximum absolute atomic E-state index is 12.3. The van der Waals surface area contributed by atoms with Crippen molar-refractivity contribution in [2.24, 2.45) is 5.73 Å². The van der Waals surface area contributed by atoms with E-state index in [-0.39, 0.29) is 5.91 Å². The van der Waals surface area contributed by atoms with Gasteiger partial charge in [0.05, 0.1) is 10.7 Å². The summed E-state index contributed by atoms with van der Waals surface area (Å²) in [5, 5.41) is 8.29. The average Bonchev–Trinajstić information content (AvgIpc) is 2.98. The highest BCUT2D eigenvalue weighted by atomic mass is 32.2. The first-order valence-electron chi connectivity index (χ1n) is 7.38. The summed E-state index contributed by atoms with van der Waals surface area (Å²) in [7, 11) is 0. The van der Waals surface area contributed by atoms with E-state index >= 15 is 0 Å². The van der Waals surface area contributed by atoms with Crippen LogP contribution in [0.1, 0.15) is 11.4 Å². The highest BCUT2D eigenvalue weighted by molar-refractivity contribution is 7.98. The van der Waals surface area contributed by atoms with E-state index < -0.39 is 12.1 Å². The molecule has 1 aromatic heterocycles. The van der Waals surface area contributed by atoms with Gasteiger partial charge < -0.3 is 16.4 Å². The van der Waals surface area contributed by atoms with E-state index in [9.17, 15) is 9.59 Å². The van der Waals surface area contributed by atoms with E-state index in [1.165, 1.54) is 0 Å². The number of anilines is 1. The number of carbonyl (C=O) groups excluding carboxylic acids is 2. The number of amides is 3.